The number of hydrogen-bond acceptors (Lipinski definition) is 9. The van der Waals surface area contributed by atoms with E-state index >= 15 is 0 Å². The number of piperazine rings is 1. The first-order valence-corrected chi connectivity index (χ1v) is 16.3. The second kappa shape index (κ2) is 14.9. The van der Waals surface area contributed by atoms with Crippen molar-refractivity contribution in [2.24, 2.45) is 5.92 Å². The van der Waals surface area contributed by atoms with Gasteiger partial charge in [-0.3, -0.25) is 14.4 Å². The van der Waals surface area contributed by atoms with Crippen molar-refractivity contribution >= 4 is 23.2 Å². The highest BCUT2D eigenvalue weighted by molar-refractivity contribution is 5.86. The lowest BCUT2D eigenvalue weighted by atomic mass is 9.95. The van der Waals surface area contributed by atoms with E-state index in [-0.39, 0.29) is 23.2 Å². The molecule has 1 heterocycles. The number of nitrogens with one attached hydrogen (secondary N) is 2. The van der Waals surface area contributed by atoms with Crippen molar-refractivity contribution in [2.45, 2.75) is 45.7 Å². The van der Waals surface area contributed by atoms with Gasteiger partial charge in [-0.1, -0.05) is 19.9 Å². The Balaban J connectivity index is 1.48. The third-order valence-corrected chi connectivity index (χ3v) is 9.19. The van der Waals surface area contributed by atoms with Crippen molar-refractivity contribution in [1.82, 2.24) is 10.2 Å². The lowest BCUT2D eigenvalue weighted by molar-refractivity contribution is -0.133. The fourth-order valence-electron chi connectivity index (χ4n) is 6.68. The molecule has 2 aliphatic rings. The van der Waals surface area contributed by atoms with Crippen LogP contribution in [-0.2, 0) is 16.0 Å². The Morgan fingerprint density at radius 3 is 2.12 bits per heavy atom. The lowest BCUT2D eigenvalue weighted by Gasteiger charge is -2.38. The minimum Gasteiger partial charge on any atom is -0.497 e. The third-order valence-electron chi connectivity index (χ3n) is 9.19. The summed E-state index contributed by atoms with van der Waals surface area (Å²) in [6.45, 7) is 7.94. The number of fused-ring (bicyclic) bond motifs is 3. The van der Waals surface area contributed by atoms with Gasteiger partial charge in [0.2, 0.25) is 23.0 Å². The molecule has 11 heteroatoms. The number of benzene rings is 2. The van der Waals surface area contributed by atoms with Crippen LogP contribution in [-0.4, -0.2) is 77.4 Å². The topological polar surface area (TPSA) is 119 Å². The first-order chi connectivity index (χ1) is 23.1. The number of aryl methyl sites for hydroxylation is 1. The number of hydrogen-bond donors (Lipinski definition) is 2. The Labute approximate surface area is 282 Å². The van der Waals surface area contributed by atoms with Crippen LogP contribution >= 0.6 is 0 Å². The van der Waals surface area contributed by atoms with Crippen LogP contribution in [0.15, 0.2) is 53.3 Å². The Morgan fingerprint density at radius 2 is 1.54 bits per heavy atom. The maximum Gasteiger partial charge on any atom is 0.245 e. The summed E-state index contributed by atoms with van der Waals surface area (Å²) >= 11 is 0. The number of methoxy groups -OCH3 is 4. The molecule has 2 atom stereocenters. The van der Waals surface area contributed by atoms with E-state index < -0.39 is 12.1 Å². The molecule has 0 radical (unpaired) electrons. The molecule has 0 aromatic heterocycles. The Kier molecular flexibility index (Phi) is 10.7. The number of carbonyl (C=O) groups is 2. The van der Waals surface area contributed by atoms with E-state index in [9.17, 15) is 14.4 Å². The number of rotatable bonds is 10. The monoisotopic (exact) mass is 658 g/mol. The second-order valence-corrected chi connectivity index (χ2v) is 12.5. The van der Waals surface area contributed by atoms with Gasteiger partial charge in [0, 0.05) is 44.4 Å². The SMILES string of the molecule is COc1ccc(N2CCN(C(=O)[C@@H](Nc3ccc4c(cc3=O)[C@@H](NC(C)=O)CCc3cc(OC)c(OC)c(OC)c3-4)C(C)C)CC2)cc1. The quantitative estimate of drug-likeness (QED) is 0.321. The van der Waals surface area contributed by atoms with E-state index in [1.54, 1.807) is 40.6 Å². The highest BCUT2D eigenvalue weighted by atomic mass is 16.5. The number of anilines is 2. The molecule has 2 N–H and O–H groups in total. The molecular formula is C37H46N4O7. The van der Waals surface area contributed by atoms with Crippen molar-refractivity contribution in [1.29, 1.82) is 0 Å². The second-order valence-electron chi connectivity index (χ2n) is 12.5. The van der Waals surface area contributed by atoms with Gasteiger partial charge in [-0.15, -0.1) is 0 Å². The summed E-state index contributed by atoms with van der Waals surface area (Å²) in [4.78, 5) is 44.3. The van der Waals surface area contributed by atoms with Crippen molar-refractivity contribution in [3.63, 3.8) is 0 Å². The van der Waals surface area contributed by atoms with E-state index in [2.05, 4.69) is 15.5 Å². The van der Waals surface area contributed by atoms with Gasteiger partial charge in [-0.05, 0) is 77.9 Å². The molecule has 5 rings (SSSR count). The largest absolute Gasteiger partial charge is 0.497 e. The minimum absolute atomic E-state index is 0.0492. The summed E-state index contributed by atoms with van der Waals surface area (Å²) in [5.74, 6) is 1.91. The smallest absolute Gasteiger partial charge is 0.245 e. The molecule has 1 fully saturated rings. The van der Waals surface area contributed by atoms with Crippen molar-refractivity contribution < 1.29 is 28.5 Å². The highest BCUT2D eigenvalue weighted by Gasteiger charge is 2.32. The number of amides is 2. The zero-order valence-corrected chi connectivity index (χ0v) is 28.8. The first-order valence-electron chi connectivity index (χ1n) is 16.3. The molecule has 1 saturated heterocycles. The maximum absolute atomic E-state index is 13.9. The summed E-state index contributed by atoms with van der Waals surface area (Å²) < 4.78 is 22.5. The molecule has 3 aromatic rings. The number of nitrogens with zero attached hydrogens (tertiary/aromatic N) is 2. The molecule has 1 aliphatic heterocycles. The van der Waals surface area contributed by atoms with Crippen LogP contribution in [0.2, 0.25) is 0 Å². The molecule has 1 aliphatic carbocycles. The van der Waals surface area contributed by atoms with Crippen LogP contribution < -0.4 is 39.9 Å². The van der Waals surface area contributed by atoms with Crippen LogP contribution in [0.1, 0.15) is 44.4 Å². The van der Waals surface area contributed by atoms with Gasteiger partial charge in [-0.25, -0.2) is 0 Å². The Bertz CT molecular complexity index is 1700. The van der Waals surface area contributed by atoms with Crippen molar-refractivity contribution in [2.75, 3.05) is 64.8 Å². The zero-order valence-electron chi connectivity index (χ0n) is 28.8. The van der Waals surface area contributed by atoms with Gasteiger partial charge >= 0.3 is 0 Å². The normalized spacial score (nSPS) is 16.2. The summed E-state index contributed by atoms with van der Waals surface area (Å²) in [6, 6.07) is 14.0. The fraction of sp³-hybridized carbons (Fsp3) is 0.432. The molecule has 48 heavy (non-hydrogen) atoms. The van der Waals surface area contributed by atoms with E-state index in [1.165, 1.54) is 6.92 Å². The Hall–Kier alpha value is -4.93. The molecule has 0 spiro atoms. The van der Waals surface area contributed by atoms with Gasteiger partial charge in [0.05, 0.1) is 40.2 Å². The number of ether oxygens (including phenoxy) is 4. The molecule has 3 aromatic carbocycles. The summed E-state index contributed by atoms with van der Waals surface area (Å²) in [6.07, 6.45) is 1.16. The van der Waals surface area contributed by atoms with Gasteiger partial charge in [-0.2, -0.15) is 0 Å². The van der Waals surface area contributed by atoms with Gasteiger partial charge in [0.15, 0.2) is 11.5 Å². The molecule has 0 bridgehead atoms. The van der Waals surface area contributed by atoms with Gasteiger partial charge in [0.1, 0.15) is 11.8 Å². The Morgan fingerprint density at radius 1 is 0.854 bits per heavy atom. The van der Waals surface area contributed by atoms with Crippen molar-refractivity contribution in [3.8, 4) is 34.1 Å². The van der Waals surface area contributed by atoms with Gasteiger partial charge < -0.3 is 39.4 Å². The van der Waals surface area contributed by atoms with Crippen LogP contribution in [0.5, 0.6) is 23.0 Å². The zero-order chi connectivity index (χ0) is 34.5. The third kappa shape index (κ3) is 7.00. The summed E-state index contributed by atoms with van der Waals surface area (Å²) in [5, 5.41) is 6.35. The number of carbonyl (C=O) groups excluding carboxylic acids is 2. The van der Waals surface area contributed by atoms with E-state index in [1.807, 2.05) is 55.1 Å². The first kappa shape index (κ1) is 34.4. The van der Waals surface area contributed by atoms with Crippen LogP contribution in [0.25, 0.3) is 11.1 Å². The maximum atomic E-state index is 13.9. The van der Waals surface area contributed by atoms with Crippen LogP contribution in [0, 0.1) is 5.92 Å². The molecule has 256 valence electrons. The summed E-state index contributed by atoms with van der Waals surface area (Å²) in [7, 11) is 6.34. The average molecular weight is 659 g/mol. The predicted octanol–water partition coefficient (Wildman–Crippen LogP) is 4.66. The lowest BCUT2D eigenvalue weighted by Crippen LogP contribution is -2.54. The van der Waals surface area contributed by atoms with E-state index in [4.69, 9.17) is 18.9 Å². The van der Waals surface area contributed by atoms with E-state index in [0.29, 0.717) is 67.5 Å². The molecule has 11 nitrogen and oxygen atoms in total. The summed E-state index contributed by atoms with van der Waals surface area (Å²) in [5.41, 5.74) is 4.20. The molecule has 0 unspecified atom stereocenters. The standard InChI is InChI=1S/C37H46N4O7/c1-22(2)34(37(44)41-18-16-40(17-19-41)25-9-11-26(45-4)12-10-25)39-30-15-13-27-28(21-31(30)43)29(38-23(3)42)14-8-24-20-32(46-5)35(47-6)36(48-7)33(24)27/h9-13,15,20-22,29,34H,8,14,16-19H2,1-7H3,(H,38,42)(H,39,43)/t29-,34-/m0/s1. The molecular weight excluding hydrogens is 612 g/mol. The van der Waals surface area contributed by atoms with Crippen LogP contribution in [0.3, 0.4) is 0 Å². The minimum atomic E-state index is -0.621. The molecule has 2 amide bonds. The highest BCUT2D eigenvalue weighted by Crippen LogP contribution is 2.50. The molecule has 0 saturated carbocycles. The average Bonchev–Trinajstić information content (AvgIpc) is 3.33. The van der Waals surface area contributed by atoms with Crippen molar-refractivity contribution in [3.05, 3.63) is 69.9 Å². The van der Waals surface area contributed by atoms with Crippen LogP contribution in [0.4, 0.5) is 11.4 Å². The van der Waals surface area contributed by atoms with E-state index in [0.717, 1.165) is 28.1 Å². The predicted molar refractivity (Wildman–Crippen MR) is 187 cm³/mol. The fourth-order valence-corrected chi connectivity index (χ4v) is 6.68. The van der Waals surface area contributed by atoms with Gasteiger partial charge in [0.25, 0.3) is 0 Å².